The van der Waals surface area contributed by atoms with E-state index in [9.17, 15) is 19.2 Å². The third-order valence-corrected chi connectivity index (χ3v) is 18.3. The summed E-state index contributed by atoms with van der Waals surface area (Å²) in [6, 6.07) is 35.8. The van der Waals surface area contributed by atoms with Crippen molar-refractivity contribution in [3.63, 3.8) is 0 Å². The molecule has 0 aromatic carbocycles. The van der Waals surface area contributed by atoms with Gasteiger partial charge in [0.2, 0.25) is 0 Å². The van der Waals surface area contributed by atoms with Gasteiger partial charge in [0, 0.05) is 113 Å². The molecule has 40 nitrogen and oxygen atoms in total. The lowest BCUT2D eigenvalue weighted by atomic mass is 10.2. The normalized spacial score (nSPS) is 10.7. The van der Waals surface area contributed by atoms with Gasteiger partial charge in [-0.05, 0) is 152 Å². The van der Waals surface area contributed by atoms with Crippen molar-refractivity contribution in [1.29, 1.82) is 0 Å². The molecule has 16 heterocycles. The lowest BCUT2D eigenvalue weighted by Crippen LogP contribution is -2.11. The molecule has 4 amide bonds. The number of ether oxygens (including phenoxy) is 4. The number of hydrogen-bond donors (Lipinski definition) is 8. The Balaban J connectivity index is 0.000000162. The van der Waals surface area contributed by atoms with Crippen LogP contribution in [0.15, 0.2) is 226 Å². The number of rotatable bonds is 34. The number of furan rings is 4. The summed E-state index contributed by atoms with van der Waals surface area (Å²) in [5.41, 5.74) is 12.2. The van der Waals surface area contributed by atoms with Crippen LogP contribution in [0.4, 0.5) is 22.7 Å². The highest BCUT2D eigenvalue weighted by atomic mass is 16.5. The first kappa shape index (κ1) is 92.8. The van der Waals surface area contributed by atoms with Crippen molar-refractivity contribution >= 4 is 59.3 Å². The summed E-state index contributed by atoms with van der Waals surface area (Å²) < 4.78 is 55.2. The van der Waals surface area contributed by atoms with E-state index in [0.29, 0.717) is 170 Å². The van der Waals surface area contributed by atoms with Crippen LogP contribution in [0.1, 0.15) is 95.1 Å². The summed E-state index contributed by atoms with van der Waals surface area (Å²) in [7, 11) is 0. The largest absolute Gasteiger partial charge is 0.483 e. The molecule has 0 radical (unpaired) electrons. The fourth-order valence-corrected chi connectivity index (χ4v) is 12.2. The Morgan fingerprint density at radius 2 is 0.633 bits per heavy atom. The number of H-pyrrole nitrogens is 2. The number of carbonyl (C=O) groups is 6. The molecule has 128 heavy (non-hydrogen) atoms. The van der Waals surface area contributed by atoms with Gasteiger partial charge in [-0.15, -0.1) is 0 Å². The first-order valence-corrected chi connectivity index (χ1v) is 40.6. The molecule has 0 spiro atoms. The average molecular weight is 1750 g/mol. The topological polar surface area (TPSA) is 496 Å². The lowest BCUT2D eigenvalue weighted by molar-refractivity contribution is -0.123. The number of carboxylic acid groups (broad SMARTS) is 2. The summed E-state index contributed by atoms with van der Waals surface area (Å²) in [6.45, 7) is 23.5. The van der Waals surface area contributed by atoms with Crippen LogP contribution >= 0.6 is 0 Å². The number of aromatic amines is 2. The SMILES string of the molecule is CCOCCn1cc(NC(=O)c2ccc(-c3cn[nH]c3C)o2)c(-c2ccccn2)n1.CCOCCn1cc(NC(=O)c2ccc(-c3cn[nH]c3C)o2)c(-c2ccccn2)n1.CCOCCn1cc(NC(=O)c2ccc(-c3cnn(CC)c3)o2)c(-c2ccccn2)n1.CCOCCn1cc(NC(=O)c2ccc(-c3cnn(CC)c3)o2)c(-c2ccccn2)n1.O=CO.O=CO. The van der Waals surface area contributed by atoms with E-state index in [-0.39, 0.29) is 59.6 Å². The van der Waals surface area contributed by atoms with Crippen LogP contribution in [0.25, 0.3) is 90.8 Å². The van der Waals surface area contributed by atoms with Crippen LogP contribution in [-0.4, -0.2) is 199 Å². The van der Waals surface area contributed by atoms with Gasteiger partial charge in [-0.25, -0.2) is 0 Å². The lowest BCUT2D eigenvalue weighted by Gasteiger charge is -2.03. The van der Waals surface area contributed by atoms with E-state index >= 15 is 0 Å². The van der Waals surface area contributed by atoms with E-state index in [1.165, 1.54) is 0 Å². The highest BCUT2D eigenvalue weighted by molar-refractivity contribution is 6.07. The Morgan fingerprint density at radius 3 is 0.859 bits per heavy atom. The molecule has 16 rings (SSSR count). The molecular formula is C88H96N24O16. The van der Waals surface area contributed by atoms with E-state index in [1.807, 2.05) is 141 Å². The molecule has 0 atom stereocenters. The molecule has 40 heteroatoms. The first-order valence-electron chi connectivity index (χ1n) is 40.6. The first-order chi connectivity index (χ1) is 62.5. The highest BCUT2D eigenvalue weighted by Crippen LogP contribution is 2.33. The quantitative estimate of drug-likeness (QED) is 0.0137. The van der Waals surface area contributed by atoms with Crippen molar-refractivity contribution in [3.05, 3.63) is 243 Å². The Hall–Kier alpha value is -15.9. The Bertz CT molecular complexity index is 5760. The van der Waals surface area contributed by atoms with Gasteiger partial charge < -0.3 is 68.1 Å². The monoisotopic (exact) mass is 1740 g/mol. The van der Waals surface area contributed by atoms with Gasteiger partial charge in [0.15, 0.2) is 23.0 Å². The van der Waals surface area contributed by atoms with Crippen molar-refractivity contribution in [2.45, 2.75) is 94.7 Å². The maximum atomic E-state index is 12.9. The smallest absolute Gasteiger partial charge is 0.291 e. The van der Waals surface area contributed by atoms with Crippen molar-refractivity contribution < 1.29 is 75.6 Å². The van der Waals surface area contributed by atoms with Crippen molar-refractivity contribution in [2.24, 2.45) is 0 Å². The molecule has 0 aliphatic heterocycles. The minimum absolute atomic E-state index is 0.194. The van der Waals surface area contributed by atoms with Gasteiger partial charge in [-0.2, -0.15) is 40.8 Å². The number of hydrogen-bond acceptors (Lipinski definition) is 26. The zero-order valence-electron chi connectivity index (χ0n) is 71.3. The fourth-order valence-electron chi connectivity index (χ4n) is 12.2. The molecule has 0 fully saturated rings. The number of nitrogens with one attached hydrogen (secondary N) is 6. The number of amides is 4. The van der Waals surface area contributed by atoms with Gasteiger partial charge in [0.05, 0.1) is 145 Å². The summed E-state index contributed by atoms with van der Waals surface area (Å²) in [5, 5.41) is 65.8. The van der Waals surface area contributed by atoms with E-state index in [2.05, 4.69) is 92.2 Å². The van der Waals surface area contributed by atoms with Crippen LogP contribution in [-0.2, 0) is 67.8 Å². The Labute approximate surface area is 732 Å². The molecule has 664 valence electrons. The number of aromatic nitrogens is 20. The molecule has 0 saturated heterocycles. The second-order valence-electron chi connectivity index (χ2n) is 26.9. The van der Waals surface area contributed by atoms with Crippen molar-refractivity contribution in [2.75, 3.05) is 74.1 Å². The summed E-state index contributed by atoms with van der Waals surface area (Å²) in [4.78, 5) is 85.5. The second kappa shape index (κ2) is 47.6. The minimum atomic E-state index is -0.371. The third-order valence-electron chi connectivity index (χ3n) is 18.3. The summed E-state index contributed by atoms with van der Waals surface area (Å²) >= 11 is 0. The molecule has 0 aliphatic rings. The van der Waals surface area contributed by atoms with Gasteiger partial charge in [0.25, 0.3) is 36.6 Å². The predicted octanol–water partition coefficient (Wildman–Crippen LogP) is 13.9. The van der Waals surface area contributed by atoms with Crippen LogP contribution < -0.4 is 21.3 Å². The van der Waals surface area contributed by atoms with Crippen molar-refractivity contribution in [1.82, 2.24) is 99.0 Å². The Kier molecular flexibility index (Phi) is 34.5. The second-order valence-corrected chi connectivity index (χ2v) is 26.9. The van der Waals surface area contributed by atoms with Crippen LogP contribution in [0.2, 0.25) is 0 Å². The average Bonchev–Trinajstić information content (AvgIpc) is 1.66. The molecule has 0 bridgehead atoms. The maximum absolute atomic E-state index is 12.9. The van der Waals surface area contributed by atoms with E-state index in [4.69, 9.17) is 56.4 Å². The molecular weight excluding hydrogens is 1650 g/mol. The molecule has 0 unspecified atom stereocenters. The molecule has 0 aliphatic carbocycles. The van der Waals surface area contributed by atoms with Crippen LogP contribution in [0.3, 0.4) is 0 Å². The number of nitrogens with zero attached hydrogens (tertiary/aromatic N) is 18. The van der Waals surface area contributed by atoms with Gasteiger partial charge in [-0.3, -0.25) is 87.0 Å². The molecule has 16 aromatic heterocycles. The number of aryl methyl sites for hydroxylation is 4. The van der Waals surface area contributed by atoms with Gasteiger partial charge in [-0.1, -0.05) is 24.3 Å². The van der Waals surface area contributed by atoms with Crippen LogP contribution in [0, 0.1) is 13.8 Å². The zero-order valence-corrected chi connectivity index (χ0v) is 71.3. The van der Waals surface area contributed by atoms with E-state index in [0.717, 1.165) is 46.7 Å². The van der Waals surface area contributed by atoms with E-state index < -0.39 is 0 Å². The standard InChI is InChI=1S/2C22H24N6O3.2C21H22N6O3.2CH2O2/c2*1-3-27-14-16(13-24-27)19-8-9-20(31-19)22(29)25-18-15-28(11-12-30-4-2)26-21(18)17-7-5-6-10-23-17;2*1-3-29-11-10-27-13-17(20(26-27)16-6-4-5-9-22-16)24-21(28)19-8-7-18(30-19)15-12-23-25-14(15)2;2*2-1-3/h2*5-10,13-15H,3-4,11-12H2,1-2H3,(H,25,29);2*4-9,12-13H,3,10-11H2,1-2H3,(H,23,25)(H,24,28);2*1H,(H,2,3). The molecule has 16 aromatic rings. The highest BCUT2D eigenvalue weighted by Gasteiger charge is 2.25. The van der Waals surface area contributed by atoms with Crippen molar-refractivity contribution in [3.8, 4) is 90.8 Å². The minimum Gasteiger partial charge on any atom is -0.483 e. The molecule has 8 N–H and O–H groups in total. The van der Waals surface area contributed by atoms with Gasteiger partial charge >= 0.3 is 0 Å². The van der Waals surface area contributed by atoms with Crippen LogP contribution in [0.5, 0.6) is 0 Å². The zero-order chi connectivity index (χ0) is 90.5. The summed E-state index contributed by atoms with van der Waals surface area (Å²) in [6.07, 6.45) is 24.3. The number of carbonyl (C=O) groups excluding carboxylic acids is 4. The number of pyridine rings is 4. The van der Waals surface area contributed by atoms with E-state index in [1.54, 1.807) is 151 Å². The Morgan fingerprint density at radius 1 is 0.367 bits per heavy atom. The predicted molar refractivity (Wildman–Crippen MR) is 470 cm³/mol. The third kappa shape index (κ3) is 25.6. The van der Waals surface area contributed by atoms with Gasteiger partial charge in [0.1, 0.15) is 45.8 Å². The maximum Gasteiger partial charge on any atom is 0.291 e. The molecule has 0 saturated carbocycles. The fraction of sp³-hybridized carbons (Fsp3) is 0.250. The number of anilines is 4. The summed E-state index contributed by atoms with van der Waals surface area (Å²) in [5.74, 6) is 1.64.